The third kappa shape index (κ3) is 10.3. The topological polar surface area (TPSA) is 175 Å². The largest absolute Gasteiger partial charge is 0.364 e. The van der Waals surface area contributed by atoms with E-state index in [0.29, 0.717) is 17.0 Å². The summed E-state index contributed by atoms with van der Waals surface area (Å²) in [4.78, 5) is 29.3. The average molecular weight is 817 g/mol. The standard InChI is InChI=1S/C22H22.2C11H8N2O3S.2CH4.H2/c1-16-8-12-19(13-9-16)22(20-14-10-17(2)11-15-20)21-7-5-4-6-18(21)3;1-17(15,16)10-4-2-3-8-7(10)5-6-9(13-12)11(8)14;1-17(15,16)10-6-9(13-12)11(14)8-5-3-2-4-7(8)10;;;/h4-15,22H,1-3H3;2*2-6H,1H3;2*1H4;1H. The maximum atomic E-state index is 11.8. The number of aryl methyl sites for hydroxylation is 3. The Kier molecular flexibility index (Phi) is 15.2. The molecule has 12 heteroatoms. The molecule has 58 heavy (non-hydrogen) atoms. The van der Waals surface area contributed by atoms with E-state index in [2.05, 4.69) is 103 Å². The fraction of sp³-hybridized carbons (Fsp3) is 0.174. The van der Waals surface area contributed by atoms with Crippen LogP contribution in [-0.4, -0.2) is 61.9 Å². The SMILES string of the molecule is C.C.CS(=O)(=O)C1=CC(=[N+]=[N-])C(=O)c2ccccc21.CS(=O)(=O)c1cccc2c1C=CC(=[N+]=[N-])C2=O.Cc1ccc(C(c2ccc(C)cc2)c2ccccc2C)cc1.[HH]. The summed E-state index contributed by atoms with van der Waals surface area (Å²) < 4.78 is 46.3. The number of sulfone groups is 2. The van der Waals surface area contributed by atoms with Crippen LogP contribution in [0.3, 0.4) is 0 Å². The molecule has 2 aliphatic carbocycles. The van der Waals surface area contributed by atoms with Gasteiger partial charge in [0.1, 0.15) is 0 Å². The molecule has 300 valence electrons. The number of allylic oxidation sites excluding steroid dienone is 2. The first-order valence-electron chi connectivity index (χ1n) is 17.3. The summed E-state index contributed by atoms with van der Waals surface area (Å²) in [5.41, 5.74) is 26.1. The normalized spacial score (nSPS) is 12.8. The highest BCUT2D eigenvalue weighted by molar-refractivity contribution is 8.00. The number of carbonyl (C=O) groups excluding carboxylic acids is 2. The van der Waals surface area contributed by atoms with Crippen LogP contribution in [0.25, 0.3) is 22.0 Å². The third-order valence-corrected chi connectivity index (χ3v) is 11.5. The van der Waals surface area contributed by atoms with Crippen LogP contribution in [0, 0.1) is 20.8 Å². The molecule has 0 fully saturated rings. The average Bonchev–Trinajstić information content (AvgIpc) is 3.17. The number of rotatable bonds is 5. The Morgan fingerprint density at radius 3 is 1.53 bits per heavy atom. The van der Waals surface area contributed by atoms with Crippen molar-refractivity contribution < 1.29 is 37.4 Å². The van der Waals surface area contributed by atoms with Crippen molar-refractivity contribution in [1.82, 2.24) is 0 Å². The van der Waals surface area contributed by atoms with E-state index in [0.717, 1.165) is 18.6 Å². The fourth-order valence-electron chi connectivity index (χ4n) is 6.35. The van der Waals surface area contributed by atoms with Crippen molar-refractivity contribution in [2.75, 3.05) is 12.5 Å². The molecule has 0 N–H and O–H groups in total. The van der Waals surface area contributed by atoms with Gasteiger partial charge in [-0.2, -0.15) is 9.58 Å². The summed E-state index contributed by atoms with van der Waals surface area (Å²) in [6.45, 7) is 6.47. The second-order valence-electron chi connectivity index (χ2n) is 13.4. The number of carbonyl (C=O) groups is 2. The lowest BCUT2D eigenvalue weighted by molar-refractivity contribution is -0.00459. The van der Waals surface area contributed by atoms with Crippen molar-refractivity contribution in [3.63, 3.8) is 0 Å². The molecule has 0 bridgehead atoms. The number of benzene rings is 5. The Morgan fingerprint density at radius 1 is 0.552 bits per heavy atom. The number of nitrogens with zero attached hydrogens (tertiary/aromatic N) is 4. The summed E-state index contributed by atoms with van der Waals surface area (Å²) in [6, 6.07) is 37.3. The number of hydrogen-bond donors (Lipinski definition) is 0. The van der Waals surface area contributed by atoms with Crippen molar-refractivity contribution >= 4 is 53.6 Å². The van der Waals surface area contributed by atoms with Gasteiger partial charge in [-0.15, -0.1) is 0 Å². The van der Waals surface area contributed by atoms with E-state index >= 15 is 0 Å². The molecule has 0 aliphatic heterocycles. The molecule has 10 nitrogen and oxygen atoms in total. The molecule has 7 rings (SSSR count). The summed E-state index contributed by atoms with van der Waals surface area (Å²) in [7, 11) is -6.89. The predicted molar refractivity (Wildman–Crippen MR) is 234 cm³/mol. The Bertz CT molecular complexity index is 2720. The summed E-state index contributed by atoms with van der Waals surface area (Å²) in [5, 5.41) is 0. The van der Waals surface area contributed by atoms with Gasteiger partial charge in [-0.3, -0.25) is 9.59 Å². The van der Waals surface area contributed by atoms with Crippen molar-refractivity contribution in [1.29, 1.82) is 0 Å². The second kappa shape index (κ2) is 19.1. The molecule has 0 heterocycles. The Morgan fingerprint density at radius 2 is 1.03 bits per heavy atom. The van der Waals surface area contributed by atoms with Crippen LogP contribution in [0.2, 0.25) is 0 Å². The first-order valence-corrected chi connectivity index (χ1v) is 21.1. The molecule has 2 aliphatic rings. The minimum atomic E-state index is -3.49. The lowest BCUT2D eigenvalue weighted by atomic mass is 9.83. The van der Waals surface area contributed by atoms with E-state index < -0.39 is 31.2 Å². The molecule has 0 aromatic heterocycles. The van der Waals surface area contributed by atoms with Crippen molar-refractivity contribution in [3.05, 3.63) is 194 Å². The monoisotopic (exact) mass is 816 g/mol. The van der Waals surface area contributed by atoms with Gasteiger partial charge in [0.25, 0.3) is 11.6 Å². The van der Waals surface area contributed by atoms with Crippen LogP contribution in [0.1, 0.15) is 87.4 Å². The van der Waals surface area contributed by atoms with E-state index in [1.165, 1.54) is 69.8 Å². The first-order chi connectivity index (χ1) is 26.5. The number of Topliss-reactive ketones (excluding diaryl/α,β-unsaturated/α-hetero) is 2. The van der Waals surface area contributed by atoms with E-state index in [4.69, 9.17) is 11.1 Å². The number of fused-ring (bicyclic) bond motifs is 2. The fourth-order valence-corrected chi connectivity index (χ4v) is 8.16. The number of hydrogen-bond acceptors (Lipinski definition) is 6. The smallest absolute Gasteiger partial charge is 0.361 e. The van der Waals surface area contributed by atoms with Crippen LogP contribution in [0.15, 0.2) is 132 Å². The minimum absolute atomic E-state index is 0. The molecular weight excluding hydrogens is 769 g/mol. The Balaban J connectivity index is 0.000000301. The van der Waals surface area contributed by atoms with Gasteiger partial charge in [-0.25, -0.2) is 16.8 Å². The van der Waals surface area contributed by atoms with Crippen LogP contribution in [0.4, 0.5) is 0 Å². The van der Waals surface area contributed by atoms with Gasteiger partial charge in [-0.1, -0.05) is 135 Å². The highest BCUT2D eigenvalue weighted by atomic mass is 32.2. The third-order valence-electron chi connectivity index (χ3n) is 9.22. The zero-order chi connectivity index (χ0) is 40.8. The zero-order valence-electron chi connectivity index (χ0n) is 31.3. The van der Waals surface area contributed by atoms with Gasteiger partial charge >= 0.3 is 11.4 Å². The Hall–Kier alpha value is -6.42. The van der Waals surface area contributed by atoms with Gasteiger partial charge < -0.3 is 11.1 Å². The van der Waals surface area contributed by atoms with Gasteiger partial charge in [0.2, 0.25) is 0 Å². The van der Waals surface area contributed by atoms with E-state index in [1.807, 2.05) is 0 Å². The second-order valence-corrected chi connectivity index (χ2v) is 17.4. The summed E-state index contributed by atoms with van der Waals surface area (Å²) in [5.74, 6) is -0.687. The number of ketones is 2. The van der Waals surface area contributed by atoms with Gasteiger partial charge in [-0.05, 0) is 55.2 Å². The summed E-state index contributed by atoms with van der Waals surface area (Å²) >= 11 is 0. The van der Waals surface area contributed by atoms with E-state index in [-0.39, 0.29) is 48.6 Å². The molecule has 0 saturated heterocycles. The van der Waals surface area contributed by atoms with Crippen molar-refractivity contribution in [3.8, 4) is 0 Å². The molecule has 0 spiro atoms. The lowest BCUT2D eigenvalue weighted by Gasteiger charge is -2.21. The van der Waals surface area contributed by atoms with Crippen LogP contribution in [0.5, 0.6) is 0 Å². The molecule has 0 saturated carbocycles. The minimum Gasteiger partial charge on any atom is -0.361 e. The predicted octanol–water partition coefficient (Wildman–Crippen LogP) is 9.22. The Labute approximate surface area is 342 Å². The maximum absolute atomic E-state index is 11.8. The molecule has 0 radical (unpaired) electrons. The van der Waals surface area contributed by atoms with Crippen LogP contribution < -0.4 is 0 Å². The van der Waals surface area contributed by atoms with Gasteiger partial charge in [0, 0.05) is 48.2 Å². The molecule has 0 unspecified atom stereocenters. The highest BCUT2D eigenvalue weighted by Crippen LogP contribution is 2.34. The van der Waals surface area contributed by atoms with Gasteiger partial charge in [0.15, 0.2) is 19.7 Å². The molecule has 5 aromatic rings. The van der Waals surface area contributed by atoms with Crippen LogP contribution in [-0.2, 0) is 19.7 Å². The van der Waals surface area contributed by atoms with Crippen molar-refractivity contribution in [2.45, 2.75) is 46.4 Å². The van der Waals surface area contributed by atoms with Crippen molar-refractivity contribution in [2.24, 2.45) is 0 Å². The molecule has 0 amide bonds. The van der Waals surface area contributed by atoms with E-state index in [9.17, 15) is 26.4 Å². The molecule has 5 aromatic carbocycles. The van der Waals surface area contributed by atoms with Gasteiger partial charge in [0.05, 0.1) is 15.9 Å². The maximum Gasteiger partial charge on any atom is 0.364 e. The quantitative estimate of drug-likeness (QED) is 0.0971. The van der Waals surface area contributed by atoms with E-state index in [1.54, 1.807) is 18.2 Å². The first kappa shape index (κ1) is 46.0. The molecular formula is C46H48N4O6S2. The lowest BCUT2D eigenvalue weighted by Crippen LogP contribution is -2.22. The van der Waals surface area contributed by atoms with Crippen LogP contribution >= 0.6 is 0 Å². The summed E-state index contributed by atoms with van der Waals surface area (Å²) in [6.07, 6.45) is 5.96. The molecule has 0 atom stereocenters. The highest BCUT2D eigenvalue weighted by Gasteiger charge is 2.33. The zero-order valence-corrected chi connectivity index (χ0v) is 33.0.